The van der Waals surface area contributed by atoms with Gasteiger partial charge in [-0.1, -0.05) is 24.3 Å². The van der Waals surface area contributed by atoms with Gasteiger partial charge in [-0.15, -0.1) is 0 Å². The molecule has 1 aromatic carbocycles. The summed E-state index contributed by atoms with van der Waals surface area (Å²) in [6.07, 6.45) is 4.24. The van der Waals surface area contributed by atoms with Crippen LogP contribution in [0.2, 0.25) is 0 Å². The van der Waals surface area contributed by atoms with Gasteiger partial charge in [-0.25, -0.2) is 0 Å². The summed E-state index contributed by atoms with van der Waals surface area (Å²) in [4.78, 5) is 35.7. The van der Waals surface area contributed by atoms with E-state index in [9.17, 15) is 24.6 Å². The van der Waals surface area contributed by atoms with E-state index in [4.69, 9.17) is 0 Å². The molecule has 2 aliphatic carbocycles. The highest BCUT2D eigenvalue weighted by atomic mass is 16.4. The molecule has 0 heterocycles. The number of aromatic hydroxyl groups is 1. The number of aryl methyl sites for hydroxylation is 1. The second kappa shape index (κ2) is 5.99. The third-order valence-electron chi connectivity index (χ3n) is 4.82. The third-order valence-corrected chi connectivity index (χ3v) is 4.82. The maximum atomic E-state index is 12.3. The summed E-state index contributed by atoms with van der Waals surface area (Å²) in [5.74, 6) is -4.68. The molecule has 1 aromatic rings. The summed E-state index contributed by atoms with van der Waals surface area (Å²) in [5.41, 5.74) is 5.05. The highest BCUT2D eigenvalue weighted by molar-refractivity contribution is 5.98. The summed E-state index contributed by atoms with van der Waals surface area (Å²) >= 11 is 0. The third kappa shape index (κ3) is 2.62. The molecule has 4 atom stereocenters. The molecule has 1 saturated carbocycles. The van der Waals surface area contributed by atoms with Gasteiger partial charge in [0.1, 0.15) is 5.75 Å². The molecule has 3 N–H and O–H groups in total. The lowest BCUT2D eigenvalue weighted by atomic mass is 9.82. The lowest BCUT2D eigenvalue weighted by Gasteiger charge is -2.27. The minimum absolute atomic E-state index is 0.0274. The summed E-state index contributed by atoms with van der Waals surface area (Å²) in [6, 6.07) is 4.68. The van der Waals surface area contributed by atoms with E-state index >= 15 is 0 Å². The zero-order chi connectivity index (χ0) is 17.4. The van der Waals surface area contributed by atoms with Crippen LogP contribution in [0.1, 0.15) is 22.3 Å². The molecule has 3 rings (SSSR count). The number of carboxylic acid groups (broad SMARTS) is 1. The Morgan fingerprint density at radius 2 is 1.79 bits per heavy atom. The number of hydrogen-bond acceptors (Lipinski definition) is 5. The molecule has 0 spiro atoms. The number of carbonyl (C=O) groups is 3. The second-order valence-electron chi connectivity index (χ2n) is 6.23. The first-order valence-electron chi connectivity index (χ1n) is 7.68. The number of para-hydroxylation sites is 1. The van der Waals surface area contributed by atoms with E-state index in [2.05, 4.69) is 10.9 Å². The Morgan fingerprint density at radius 3 is 2.46 bits per heavy atom. The summed E-state index contributed by atoms with van der Waals surface area (Å²) < 4.78 is 0. The maximum Gasteiger partial charge on any atom is 0.273 e. The molecule has 0 saturated heterocycles. The molecular weight excluding hydrogens is 312 g/mol. The number of amides is 2. The van der Waals surface area contributed by atoms with Crippen molar-refractivity contribution in [3.63, 3.8) is 0 Å². The van der Waals surface area contributed by atoms with Crippen LogP contribution in [0.5, 0.6) is 5.75 Å². The summed E-state index contributed by atoms with van der Waals surface area (Å²) in [7, 11) is 0. The molecule has 0 aromatic heterocycles. The van der Waals surface area contributed by atoms with Gasteiger partial charge in [0.05, 0.1) is 11.5 Å². The van der Waals surface area contributed by atoms with E-state index in [1.807, 2.05) is 6.08 Å². The first kappa shape index (κ1) is 16.0. The number of hydrogen-bond donors (Lipinski definition) is 3. The van der Waals surface area contributed by atoms with Crippen LogP contribution in [0.25, 0.3) is 0 Å². The normalized spacial score (nSPS) is 27.0. The van der Waals surface area contributed by atoms with Crippen LogP contribution in [-0.4, -0.2) is 22.9 Å². The van der Waals surface area contributed by atoms with Crippen molar-refractivity contribution in [1.29, 1.82) is 0 Å². The zero-order valence-corrected chi connectivity index (χ0v) is 13.0. The number of aliphatic carboxylic acids is 1. The quantitative estimate of drug-likeness (QED) is 0.517. The number of nitrogens with one attached hydrogen (secondary N) is 2. The Bertz CT molecular complexity index is 742. The first-order chi connectivity index (χ1) is 11.4. The molecule has 2 bridgehead atoms. The van der Waals surface area contributed by atoms with Crippen LogP contribution < -0.4 is 16.0 Å². The lowest BCUT2D eigenvalue weighted by molar-refractivity contribution is -0.313. The van der Waals surface area contributed by atoms with Gasteiger partial charge in [0.2, 0.25) is 5.91 Å². The Balaban J connectivity index is 1.67. The van der Waals surface area contributed by atoms with Gasteiger partial charge in [0.25, 0.3) is 5.91 Å². The van der Waals surface area contributed by atoms with Crippen LogP contribution >= 0.6 is 0 Å². The average molecular weight is 329 g/mol. The fourth-order valence-electron chi connectivity index (χ4n) is 3.61. The molecule has 1 fully saturated rings. The highest BCUT2D eigenvalue weighted by Crippen LogP contribution is 2.47. The van der Waals surface area contributed by atoms with Crippen molar-refractivity contribution in [2.75, 3.05) is 0 Å². The van der Waals surface area contributed by atoms with Crippen molar-refractivity contribution < 1.29 is 24.6 Å². The highest BCUT2D eigenvalue weighted by Gasteiger charge is 2.48. The van der Waals surface area contributed by atoms with Crippen LogP contribution in [0, 0.1) is 30.6 Å². The van der Waals surface area contributed by atoms with Crippen LogP contribution in [0.15, 0.2) is 30.4 Å². The van der Waals surface area contributed by atoms with Crippen molar-refractivity contribution in [1.82, 2.24) is 10.9 Å². The van der Waals surface area contributed by atoms with Crippen molar-refractivity contribution in [3.8, 4) is 5.75 Å². The number of phenolic OH excluding ortho intramolecular Hbond substituents is 1. The van der Waals surface area contributed by atoms with E-state index < -0.39 is 29.6 Å². The van der Waals surface area contributed by atoms with Gasteiger partial charge in [-0.3, -0.25) is 20.4 Å². The minimum Gasteiger partial charge on any atom is -0.550 e. The molecule has 2 aliphatic rings. The van der Waals surface area contributed by atoms with E-state index in [0.717, 1.165) is 0 Å². The smallest absolute Gasteiger partial charge is 0.273 e. The Hall–Kier alpha value is -2.83. The monoisotopic (exact) mass is 329 g/mol. The number of rotatable bonds is 3. The van der Waals surface area contributed by atoms with Crippen LogP contribution in [-0.2, 0) is 9.59 Å². The van der Waals surface area contributed by atoms with Crippen molar-refractivity contribution in [2.45, 2.75) is 13.3 Å². The first-order valence-corrected chi connectivity index (χ1v) is 7.68. The van der Waals surface area contributed by atoms with Gasteiger partial charge in [0.15, 0.2) is 0 Å². The standard InChI is InChI=1S/C17H18N2O5/c1-8-3-2-4-11(14(8)20)15(21)18-19-16(22)12-9-5-6-10(7-9)13(12)17(23)24/h2-6,9-10,12-13,20H,7H2,1H3,(H,18,21)(H,19,22)(H,23,24)/p-1/t9-,10+,12+,13+/m1/s1. The van der Waals surface area contributed by atoms with E-state index in [0.29, 0.717) is 12.0 Å². The van der Waals surface area contributed by atoms with E-state index in [1.165, 1.54) is 6.07 Å². The number of carbonyl (C=O) groups excluding carboxylic acids is 3. The number of benzene rings is 1. The van der Waals surface area contributed by atoms with Crippen molar-refractivity contribution in [3.05, 3.63) is 41.5 Å². The van der Waals surface area contributed by atoms with Gasteiger partial charge < -0.3 is 15.0 Å². The number of hydrazine groups is 1. The van der Waals surface area contributed by atoms with Gasteiger partial charge in [-0.2, -0.15) is 0 Å². The number of carboxylic acids is 1. The van der Waals surface area contributed by atoms with E-state index in [1.54, 1.807) is 25.1 Å². The molecule has 7 heteroatoms. The minimum atomic E-state index is -1.25. The summed E-state index contributed by atoms with van der Waals surface area (Å²) in [5, 5.41) is 21.2. The molecule has 7 nitrogen and oxygen atoms in total. The Morgan fingerprint density at radius 1 is 1.12 bits per heavy atom. The number of phenols is 1. The van der Waals surface area contributed by atoms with Crippen LogP contribution in [0.4, 0.5) is 0 Å². The largest absolute Gasteiger partial charge is 0.550 e. The van der Waals surface area contributed by atoms with Gasteiger partial charge in [-0.05, 0) is 36.8 Å². The van der Waals surface area contributed by atoms with Crippen molar-refractivity contribution >= 4 is 17.8 Å². The maximum absolute atomic E-state index is 12.3. The zero-order valence-electron chi connectivity index (χ0n) is 13.0. The van der Waals surface area contributed by atoms with Crippen molar-refractivity contribution in [2.24, 2.45) is 23.7 Å². The fourth-order valence-corrected chi connectivity index (χ4v) is 3.61. The molecule has 0 unspecified atom stereocenters. The van der Waals surface area contributed by atoms with Crippen LogP contribution in [0.3, 0.4) is 0 Å². The molecular formula is C17H17N2O5-. The van der Waals surface area contributed by atoms with Gasteiger partial charge in [0, 0.05) is 11.9 Å². The number of allylic oxidation sites excluding steroid dienone is 2. The predicted molar refractivity (Wildman–Crippen MR) is 81.2 cm³/mol. The average Bonchev–Trinajstić information content (AvgIpc) is 3.15. The molecule has 24 heavy (non-hydrogen) atoms. The van der Waals surface area contributed by atoms with E-state index in [-0.39, 0.29) is 23.1 Å². The predicted octanol–water partition coefficient (Wildman–Crippen LogP) is -0.350. The molecule has 0 aliphatic heterocycles. The topological polar surface area (TPSA) is 119 Å². The fraction of sp³-hybridized carbons (Fsp3) is 0.353. The lowest BCUT2D eigenvalue weighted by Crippen LogP contribution is -2.50. The Kier molecular flexibility index (Phi) is 4.01. The van der Waals surface area contributed by atoms with Gasteiger partial charge >= 0.3 is 0 Å². The molecule has 126 valence electrons. The summed E-state index contributed by atoms with van der Waals surface area (Å²) in [6.45, 7) is 1.65. The molecule has 2 amide bonds. The SMILES string of the molecule is Cc1cccc(C(=O)NNC(=O)[C@@H]2[C@@H](C(=O)[O-])[C@H]3C=C[C@@H]2C3)c1O. The Labute approximate surface area is 138 Å². The second-order valence-corrected chi connectivity index (χ2v) is 6.23. The molecule has 0 radical (unpaired) electrons. The number of fused-ring (bicyclic) bond motifs is 2.